The highest BCUT2D eigenvalue weighted by atomic mass is 35.5. The van der Waals surface area contributed by atoms with Crippen molar-refractivity contribution in [3.63, 3.8) is 0 Å². The lowest BCUT2D eigenvalue weighted by Gasteiger charge is -2.06. The molecule has 1 rings (SSSR count). The van der Waals surface area contributed by atoms with Gasteiger partial charge in [0.15, 0.2) is 0 Å². The molecule has 4 N–H and O–H groups in total. The van der Waals surface area contributed by atoms with Crippen LogP contribution in [0.1, 0.15) is 5.56 Å². The van der Waals surface area contributed by atoms with Crippen molar-refractivity contribution >= 4 is 24.2 Å². The monoisotopic (exact) mass is 257 g/mol. The summed E-state index contributed by atoms with van der Waals surface area (Å²) in [6.07, 6.45) is 0. The van der Waals surface area contributed by atoms with Gasteiger partial charge in [-0.15, -0.1) is 12.4 Å². The summed E-state index contributed by atoms with van der Waals surface area (Å²) in [5.41, 5.74) is 6.09. The van der Waals surface area contributed by atoms with Crippen LogP contribution in [0.25, 0.3) is 0 Å². The molecule has 0 saturated heterocycles. The summed E-state index contributed by atoms with van der Waals surface area (Å²) < 4.78 is 0. The van der Waals surface area contributed by atoms with Gasteiger partial charge in [-0.05, 0) is 5.56 Å². The molecule has 0 bridgehead atoms. The van der Waals surface area contributed by atoms with Gasteiger partial charge in [0.1, 0.15) is 0 Å². The van der Waals surface area contributed by atoms with Crippen molar-refractivity contribution in [1.82, 2.24) is 10.6 Å². The standard InChI is InChI=1S/C11H15N3O2.ClH/c12-6-10(15)14-8-11(16)13-7-9-4-2-1-3-5-9;/h1-5H,6-8,12H2,(H,13,16)(H,14,15);1H. The molecule has 0 heterocycles. The molecule has 0 unspecified atom stereocenters. The molecule has 94 valence electrons. The molecule has 0 aromatic heterocycles. The summed E-state index contributed by atoms with van der Waals surface area (Å²) in [6, 6.07) is 9.54. The van der Waals surface area contributed by atoms with E-state index in [9.17, 15) is 9.59 Å². The van der Waals surface area contributed by atoms with E-state index in [1.807, 2.05) is 30.3 Å². The van der Waals surface area contributed by atoms with Gasteiger partial charge in [-0.3, -0.25) is 9.59 Å². The number of halogens is 1. The van der Waals surface area contributed by atoms with Crippen LogP contribution in [0.3, 0.4) is 0 Å². The third-order valence-corrected chi connectivity index (χ3v) is 1.96. The molecule has 0 saturated carbocycles. The molecule has 0 atom stereocenters. The zero-order valence-corrected chi connectivity index (χ0v) is 10.1. The van der Waals surface area contributed by atoms with E-state index in [2.05, 4.69) is 10.6 Å². The Balaban J connectivity index is 0.00000256. The van der Waals surface area contributed by atoms with Gasteiger partial charge in [0.25, 0.3) is 0 Å². The minimum atomic E-state index is -0.338. The Morgan fingerprint density at radius 1 is 1.06 bits per heavy atom. The number of nitrogens with one attached hydrogen (secondary N) is 2. The lowest BCUT2D eigenvalue weighted by molar-refractivity contribution is -0.125. The van der Waals surface area contributed by atoms with Gasteiger partial charge in [-0.25, -0.2) is 0 Å². The van der Waals surface area contributed by atoms with E-state index in [4.69, 9.17) is 5.73 Å². The van der Waals surface area contributed by atoms with Crippen molar-refractivity contribution in [2.24, 2.45) is 5.73 Å². The highest BCUT2D eigenvalue weighted by molar-refractivity contribution is 5.85. The molecule has 0 aliphatic heterocycles. The first-order chi connectivity index (χ1) is 7.72. The highest BCUT2D eigenvalue weighted by Crippen LogP contribution is 1.96. The van der Waals surface area contributed by atoms with Gasteiger partial charge in [-0.1, -0.05) is 30.3 Å². The molecule has 0 spiro atoms. The van der Waals surface area contributed by atoms with E-state index < -0.39 is 0 Å². The van der Waals surface area contributed by atoms with Crippen LogP contribution in [0.4, 0.5) is 0 Å². The molecule has 0 aliphatic rings. The minimum Gasteiger partial charge on any atom is -0.350 e. The van der Waals surface area contributed by atoms with Crippen LogP contribution >= 0.6 is 12.4 Å². The largest absolute Gasteiger partial charge is 0.350 e. The number of hydrogen-bond acceptors (Lipinski definition) is 3. The maximum Gasteiger partial charge on any atom is 0.239 e. The average Bonchev–Trinajstić information content (AvgIpc) is 2.34. The fourth-order valence-corrected chi connectivity index (χ4v) is 1.11. The molecule has 5 nitrogen and oxygen atoms in total. The minimum absolute atomic E-state index is 0. The molecule has 0 radical (unpaired) electrons. The zero-order chi connectivity index (χ0) is 11.8. The third-order valence-electron chi connectivity index (χ3n) is 1.96. The number of amides is 2. The molecule has 17 heavy (non-hydrogen) atoms. The van der Waals surface area contributed by atoms with Crippen LogP contribution in [0.5, 0.6) is 0 Å². The maximum atomic E-state index is 11.3. The molecule has 6 heteroatoms. The SMILES string of the molecule is Cl.NCC(=O)NCC(=O)NCc1ccccc1. The molecular weight excluding hydrogens is 242 g/mol. The third kappa shape index (κ3) is 6.55. The Bertz CT molecular complexity index is 357. The summed E-state index contributed by atoms with van der Waals surface area (Å²) in [4.78, 5) is 22.0. The maximum absolute atomic E-state index is 11.3. The van der Waals surface area contributed by atoms with Gasteiger partial charge in [-0.2, -0.15) is 0 Å². The van der Waals surface area contributed by atoms with Gasteiger partial charge in [0.05, 0.1) is 13.1 Å². The van der Waals surface area contributed by atoms with E-state index in [1.54, 1.807) is 0 Å². The van der Waals surface area contributed by atoms with E-state index in [1.165, 1.54) is 0 Å². The van der Waals surface area contributed by atoms with Crippen molar-refractivity contribution in [2.75, 3.05) is 13.1 Å². The number of rotatable bonds is 5. The second-order valence-corrected chi connectivity index (χ2v) is 3.24. The molecule has 1 aromatic rings. The average molecular weight is 258 g/mol. The summed E-state index contributed by atoms with van der Waals surface area (Å²) in [5.74, 6) is -0.569. The molecule has 0 aliphatic carbocycles. The Kier molecular flexibility index (Phi) is 7.75. The van der Waals surface area contributed by atoms with Crippen LogP contribution in [-0.4, -0.2) is 24.9 Å². The highest BCUT2D eigenvalue weighted by Gasteiger charge is 2.02. The Hall–Kier alpha value is -1.59. The first-order valence-electron chi connectivity index (χ1n) is 4.99. The number of carbonyl (C=O) groups is 2. The number of nitrogens with two attached hydrogens (primary N) is 1. The van der Waals surface area contributed by atoms with E-state index in [0.717, 1.165) is 5.56 Å². The van der Waals surface area contributed by atoms with Crippen LogP contribution in [0, 0.1) is 0 Å². The fourth-order valence-electron chi connectivity index (χ4n) is 1.11. The topological polar surface area (TPSA) is 84.2 Å². The van der Waals surface area contributed by atoms with Crippen molar-refractivity contribution in [3.8, 4) is 0 Å². The first-order valence-corrected chi connectivity index (χ1v) is 4.99. The molecule has 1 aromatic carbocycles. The van der Waals surface area contributed by atoms with Crippen molar-refractivity contribution in [3.05, 3.63) is 35.9 Å². The second-order valence-electron chi connectivity index (χ2n) is 3.24. The Labute approximate surface area is 106 Å². The molecular formula is C11H16ClN3O2. The van der Waals surface area contributed by atoms with Crippen molar-refractivity contribution in [1.29, 1.82) is 0 Å². The van der Waals surface area contributed by atoms with Gasteiger partial charge in [0.2, 0.25) is 11.8 Å². The lowest BCUT2D eigenvalue weighted by atomic mass is 10.2. The predicted molar refractivity (Wildman–Crippen MR) is 67.6 cm³/mol. The summed E-state index contributed by atoms with van der Waals surface area (Å²) in [5, 5.41) is 5.08. The van der Waals surface area contributed by atoms with Crippen molar-refractivity contribution < 1.29 is 9.59 Å². The van der Waals surface area contributed by atoms with Crippen LogP contribution in [-0.2, 0) is 16.1 Å². The van der Waals surface area contributed by atoms with E-state index in [-0.39, 0.29) is 37.3 Å². The number of carbonyl (C=O) groups excluding carboxylic acids is 2. The first kappa shape index (κ1) is 15.4. The lowest BCUT2D eigenvalue weighted by Crippen LogP contribution is -2.39. The predicted octanol–water partition coefficient (Wildman–Crippen LogP) is -0.200. The fraction of sp³-hybridized carbons (Fsp3) is 0.273. The summed E-state index contributed by atoms with van der Waals surface area (Å²) >= 11 is 0. The number of benzene rings is 1. The zero-order valence-electron chi connectivity index (χ0n) is 9.31. The normalized spacial score (nSPS) is 9.00. The van der Waals surface area contributed by atoms with Gasteiger partial charge in [0, 0.05) is 6.54 Å². The van der Waals surface area contributed by atoms with Gasteiger partial charge >= 0.3 is 0 Å². The second kappa shape index (κ2) is 8.55. The van der Waals surface area contributed by atoms with Crippen LogP contribution in [0.15, 0.2) is 30.3 Å². The summed E-state index contributed by atoms with van der Waals surface area (Å²) in [7, 11) is 0. The number of hydrogen-bond donors (Lipinski definition) is 3. The Morgan fingerprint density at radius 2 is 1.71 bits per heavy atom. The smallest absolute Gasteiger partial charge is 0.239 e. The molecule has 2 amide bonds. The Morgan fingerprint density at radius 3 is 2.29 bits per heavy atom. The quantitative estimate of drug-likeness (QED) is 0.683. The van der Waals surface area contributed by atoms with Crippen molar-refractivity contribution in [2.45, 2.75) is 6.54 Å². The van der Waals surface area contributed by atoms with E-state index >= 15 is 0 Å². The van der Waals surface area contributed by atoms with Gasteiger partial charge < -0.3 is 16.4 Å². The summed E-state index contributed by atoms with van der Waals surface area (Å²) in [6.45, 7) is 0.313. The van der Waals surface area contributed by atoms with E-state index in [0.29, 0.717) is 6.54 Å². The van der Waals surface area contributed by atoms with Crippen LogP contribution < -0.4 is 16.4 Å². The molecule has 0 fully saturated rings. The van der Waals surface area contributed by atoms with Crippen LogP contribution in [0.2, 0.25) is 0 Å².